The summed E-state index contributed by atoms with van der Waals surface area (Å²) < 4.78 is 21.6. The Morgan fingerprint density at radius 1 is 1.33 bits per heavy atom. The van der Waals surface area contributed by atoms with Gasteiger partial charge >= 0.3 is 0 Å². The Kier molecular flexibility index (Phi) is 5.84. The summed E-state index contributed by atoms with van der Waals surface area (Å²) in [6.45, 7) is 5.23. The van der Waals surface area contributed by atoms with Crippen molar-refractivity contribution in [2.24, 2.45) is 5.41 Å². The van der Waals surface area contributed by atoms with E-state index in [1.54, 1.807) is 0 Å². The van der Waals surface area contributed by atoms with Crippen molar-refractivity contribution < 1.29 is 8.42 Å². The topological polar surface area (TPSA) is 70.0 Å². The Bertz CT molecular complexity index is 315. The van der Waals surface area contributed by atoms with Crippen LogP contribution in [0.3, 0.4) is 0 Å². The van der Waals surface area contributed by atoms with Gasteiger partial charge in [0.2, 0.25) is 0 Å². The van der Waals surface area contributed by atoms with Crippen LogP contribution in [0.2, 0.25) is 0 Å². The first-order valence-corrected chi connectivity index (χ1v) is 7.13. The van der Waals surface area contributed by atoms with E-state index in [9.17, 15) is 8.42 Å². The lowest BCUT2D eigenvalue weighted by Gasteiger charge is -2.14. The van der Waals surface area contributed by atoms with Crippen molar-refractivity contribution in [2.75, 3.05) is 25.1 Å². The predicted molar refractivity (Wildman–Crippen MR) is 61.2 cm³/mol. The molecule has 0 aromatic heterocycles. The molecule has 0 saturated heterocycles. The molecule has 0 fully saturated rings. The predicted octanol–water partition coefficient (Wildman–Crippen LogP) is 0.951. The van der Waals surface area contributed by atoms with Crippen molar-refractivity contribution in [2.45, 2.75) is 26.7 Å². The molecule has 0 aromatic rings. The monoisotopic (exact) mass is 232 g/mol. The molecule has 4 nitrogen and oxygen atoms in total. The Balaban J connectivity index is 3.46. The van der Waals surface area contributed by atoms with Crippen molar-refractivity contribution in [3.8, 4) is 6.07 Å². The average molecular weight is 232 g/mol. The summed E-state index contributed by atoms with van der Waals surface area (Å²) in [5.74, 6) is 0.224. The van der Waals surface area contributed by atoms with Gasteiger partial charge in [-0.15, -0.1) is 0 Å². The molecule has 1 N–H and O–H groups in total. The summed E-state index contributed by atoms with van der Waals surface area (Å²) in [4.78, 5) is 0. The molecule has 0 atom stereocenters. The number of rotatable bonds is 7. The van der Waals surface area contributed by atoms with E-state index in [0.717, 1.165) is 13.0 Å². The van der Waals surface area contributed by atoms with E-state index < -0.39 is 9.84 Å². The van der Waals surface area contributed by atoms with Crippen LogP contribution in [0.25, 0.3) is 0 Å². The number of sulfone groups is 1. The summed E-state index contributed by atoms with van der Waals surface area (Å²) in [7, 11) is -2.84. The quantitative estimate of drug-likeness (QED) is 0.663. The zero-order chi connectivity index (χ0) is 11.9. The van der Waals surface area contributed by atoms with E-state index in [2.05, 4.69) is 11.4 Å². The third-order valence-corrected chi connectivity index (χ3v) is 3.13. The first-order chi connectivity index (χ1) is 6.77. The normalized spacial score (nSPS) is 12.4. The van der Waals surface area contributed by atoms with Crippen LogP contribution >= 0.6 is 0 Å². The Morgan fingerprint density at radius 3 is 2.40 bits per heavy atom. The second-order valence-corrected chi connectivity index (χ2v) is 6.74. The number of nitriles is 1. The van der Waals surface area contributed by atoms with Crippen LogP contribution in [-0.4, -0.2) is 33.5 Å². The van der Waals surface area contributed by atoms with E-state index in [0.29, 0.717) is 13.0 Å². The second kappa shape index (κ2) is 6.09. The van der Waals surface area contributed by atoms with Crippen molar-refractivity contribution in [1.82, 2.24) is 5.32 Å². The Morgan fingerprint density at radius 2 is 1.93 bits per heavy atom. The van der Waals surface area contributed by atoms with Crippen LogP contribution in [0.5, 0.6) is 0 Å². The molecule has 0 aliphatic rings. The van der Waals surface area contributed by atoms with E-state index in [1.807, 2.05) is 13.8 Å². The van der Waals surface area contributed by atoms with Crippen molar-refractivity contribution >= 4 is 9.84 Å². The molecule has 15 heavy (non-hydrogen) atoms. The van der Waals surface area contributed by atoms with Gasteiger partial charge in [-0.1, -0.05) is 0 Å². The van der Waals surface area contributed by atoms with Gasteiger partial charge in [0.25, 0.3) is 0 Å². The van der Waals surface area contributed by atoms with Crippen molar-refractivity contribution in [3.05, 3.63) is 0 Å². The number of nitrogens with one attached hydrogen (secondary N) is 1. The second-order valence-electron chi connectivity index (χ2n) is 4.48. The zero-order valence-electron chi connectivity index (χ0n) is 9.71. The molecule has 0 unspecified atom stereocenters. The van der Waals surface area contributed by atoms with Crippen LogP contribution in [0, 0.1) is 16.7 Å². The lowest BCUT2D eigenvalue weighted by atomic mass is 9.91. The number of hydrogen-bond acceptors (Lipinski definition) is 4. The van der Waals surface area contributed by atoms with Gasteiger partial charge in [0.1, 0.15) is 9.84 Å². The maximum Gasteiger partial charge on any atom is 0.147 e. The van der Waals surface area contributed by atoms with Gasteiger partial charge in [-0.3, -0.25) is 0 Å². The Labute approximate surface area is 92.6 Å². The molecule has 0 bridgehead atoms. The van der Waals surface area contributed by atoms with Gasteiger partial charge in [0.15, 0.2) is 0 Å². The van der Waals surface area contributed by atoms with E-state index in [1.165, 1.54) is 6.26 Å². The first-order valence-electron chi connectivity index (χ1n) is 5.06. The van der Waals surface area contributed by atoms with Crippen LogP contribution < -0.4 is 5.32 Å². The summed E-state index contributed by atoms with van der Waals surface area (Å²) in [5.41, 5.74) is -0.302. The molecular weight excluding hydrogens is 212 g/mol. The minimum atomic E-state index is -2.84. The van der Waals surface area contributed by atoms with Crippen molar-refractivity contribution in [3.63, 3.8) is 0 Å². The van der Waals surface area contributed by atoms with E-state index >= 15 is 0 Å². The van der Waals surface area contributed by atoms with E-state index in [4.69, 9.17) is 5.26 Å². The molecule has 88 valence electrons. The lowest BCUT2D eigenvalue weighted by Crippen LogP contribution is -2.23. The fraction of sp³-hybridized carbons (Fsp3) is 0.900. The standard InChI is InChI=1S/C10H20N2O2S/c1-10(2,9-11)5-7-12-6-4-8-15(3,13)14/h12H,4-8H2,1-3H3. The number of hydrogen-bond donors (Lipinski definition) is 1. The fourth-order valence-electron chi connectivity index (χ4n) is 1.04. The molecule has 0 aliphatic carbocycles. The summed E-state index contributed by atoms with van der Waals surface area (Å²) in [5, 5.41) is 11.9. The van der Waals surface area contributed by atoms with Gasteiger partial charge < -0.3 is 5.32 Å². The Hall–Kier alpha value is -0.600. The number of nitrogens with zero attached hydrogens (tertiary/aromatic N) is 1. The van der Waals surface area contributed by atoms with Gasteiger partial charge in [-0.05, 0) is 39.8 Å². The third-order valence-electron chi connectivity index (χ3n) is 2.10. The molecule has 0 saturated carbocycles. The average Bonchev–Trinajstić information content (AvgIpc) is 2.09. The fourth-order valence-corrected chi connectivity index (χ4v) is 1.71. The van der Waals surface area contributed by atoms with Gasteiger partial charge in [-0.2, -0.15) is 5.26 Å². The highest BCUT2D eigenvalue weighted by atomic mass is 32.2. The third kappa shape index (κ3) is 9.70. The van der Waals surface area contributed by atoms with Crippen LogP contribution in [0.15, 0.2) is 0 Å². The summed E-state index contributed by atoms with van der Waals surface area (Å²) >= 11 is 0. The highest BCUT2D eigenvalue weighted by Gasteiger charge is 2.15. The highest BCUT2D eigenvalue weighted by Crippen LogP contribution is 2.16. The van der Waals surface area contributed by atoms with Crippen LogP contribution in [-0.2, 0) is 9.84 Å². The van der Waals surface area contributed by atoms with Crippen LogP contribution in [0.4, 0.5) is 0 Å². The maximum atomic E-state index is 10.8. The van der Waals surface area contributed by atoms with Crippen LogP contribution in [0.1, 0.15) is 26.7 Å². The van der Waals surface area contributed by atoms with E-state index in [-0.39, 0.29) is 11.2 Å². The van der Waals surface area contributed by atoms with Gasteiger partial charge in [0, 0.05) is 6.26 Å². The largest absolute Gasteiger partial charge is 0.317 e. The van der Waals surface area contributed by atoms with Gasteiger partial charge in [0.05, 0.1) is 17.2 Å². The lowest BCUT2D eigenvalue weighted by molar-refractivity contribution is 0.433. The molecule has 0 radical (unpaired) electrons. The molecule has 0 aliphatic heterocycles. The highest BCUT2D eigenvalue weighted by molar-refractivity contribution is 7.90. The molecule has 5 heteroatoms. The molecule has 0 amide bonds. The smallest absolute Gasteiger partial charge is 0.147 e. The molecule has 0 heterocycles. The minimum Gasteiger partial charge on any atom is -0.317 e. The minimum absolute atomic E-state index is 0.224. The van der Waals surface area contributed by atoms with Crippen molar-refractivity contribution in [1.29, 1.82) is 5.26 Å². The zero-order valence-corrected chi connectivity index (χ0v) is 10.5. The maximum absolute atomic E-state index is 10.8. The SMILES string of the molecule is CC(C)(C#N)CCNCCCS(C)(=O)=O. The molecule has 0 spiro atoms. The first kappa shape index (κ1) is 14.4. The molecule has 0 rings (SSSR count). The van der Waals surface area contributed by atoms with Gasteiger partial charge in [-0.25, -0.2) is 8.42 Å². The summed E-state index contributed by atoms with van der Waals surface area (Å²) in [6, 6.07) is 2.22. The molecular formula is C10H20N2O2S. The molecule has 0 aromatic carbocycles. The summed E-state index contributed by atoms with van der Waals surface area (Å²) in [6.07, 6.45) is 2.65.